The van der Waals surface area contributed by atoms with Crippen molar-refractivity contribution in [1.29, 1.82) is 0 Å². The Morgan fingerprint density at radius 1 is 0.387 bits per heavy atom. The number of hydrogen-bond acceptors (Lipinski definition) is 3. The van der Waals surface area contributed by atoms with E-state index in [0.29, 0.717) is 0 Å². The molecule has 3 aromatic rings. The molecule has 0 atom stereocenters. The third-order valence-corrected chi connectivity index (χ3v) is 3.19. The van der Waals surface area contributed by atoms with Gasteiger partial charge in [0.1, 0.15) is 0 Å². The van der Waals surface area contributed by atoms with Crippen molar-refractivity contribution in [2.45, 2.75) is 90.5 Å². The maximum atomic E-state index is 4.08. The first kappa shape index (κ1) is 35.9. The van der Waals surface area contributed by atoms with E-state index < -0.39 is 0 Å². The summed E-state index contributed by atoms with van der Waals surface area (Å²) in [5.74, 6) is 0. The standard InChI is InChI=1S/C8H10.C7H9N.C6H8N2.3C2H6.CH4/c1-7-3-5-8(2)6-4-7;1-6-3-4-7(2)8-5-6;1-5-3-8-6(2)4-7-5;3*1-2;/h3-6H,1-2H3;3-5H,1-2H3;3-4H,1-2H3;3*1-2H3;1H4. The van der Waals surface area contributed by atoms with Gasteiger partial charge in [0.25, 0.3) is 0 Å². The Balaban J connectivity index is -0.000000155. The minimum atomic E-state index is 0. The average Bonchev–Trinajstić information content (AvgIpc) is 2.79. The number of aromatic nitrogens is 3. The van der Waals surface area contributed by atoms with Crippen molar-refractivity contribution in [3.63, 3.8) is 0 Å². The zero-order valence-corrected chi connectivity index (χ0v) is 21.5. The summed E-state index contributed by atoms with van der Waals surface area (Å²) >= 11 is 0. The molecule has 176 valence electrons. The van der Waals surface area contributed by atoms with Gasteiger partial charge in [0.2, 0.25) is 0 Å². The van der Waals surface area contributed by atoms with Gasteiger partial charge in [-0.2, -0.15) is 0 Å². The molecule has 0 aliphatic carbocycles. The lowest BCUT2D eigenvalue weighted by atomic mass is 10.2. The maximum Gasteiger partial charge on any atom is 0.0555 e. The van der Waals surface area contributed by atoms with Crippen LogP contribution in [0.25, 0.3) is 0 Å². The van der Waals surface area contributed by atoms with Gasteiger partial charge in [-0.3, -0.25) is 15.0 Å². The number of pyridine rings is 1. The van der Waals surface area contributed by atoms with Gasteiger partial charge in [0.05, 0.1) is 11.4 Å². The molecule has 0 saturated carbocycles. The molecule has 0 N–H and O–H groups in total. The Labute approximate surface area is 194 Å². The maximum absolute atomic E-state index is 4.08. The summed E-state index contributed by atoms with van der Waals surface area (Å²) in [6.07, 6.45) is 5.39. The molecule has 3 rings (SSSR count). The fourth-order valence-corrected chi connectivity index (χ4v) is 1.64. The van der Waals surface area contributed by atoms with Crippen LogP contribution in [0.4, 0.5) is 0 Å². The smallest absolute Gasteiger partial charge is 0.0555 e. The van der Waals surface area contributed by atoms with Crippen LogP contribution in [0.3, 0.4) is 0 Å². The first-order valence-electron chi connectivity index (χ1n) is 11.0. The summed E-state index contributed by atoms with van der Waals surface area (Å²) in [5, 5.41) is 0. The highest BCUT2D eigenvalue weighted by Gasteiger charge is 1.83. The molecule has 2 heterocycles. The molecule has 2 aromatic heterocycles. The highest BCUT2D eigenvalue weighted by molar-refractivity contribution is 5.19. The second kappa shape index (κ2) is 25.5. The number of aryl methyl sites for hydroxylation is 6. The van der Waals surface area contributed by atoms with Crippen molar-refractivity contribution in [1.82, 2.24) is 15.0 Å². The topological polar surface area (TPSA) is 38.7 Å². The van der Waals surface area contributed by atoms with Crippen molar-refractivity contribution in [3.05, 3.63) is 88.8 Å². The Morgan fingerprint density at radius 2 is 0.677 bits per heavy atom. The molecule has 0 aliphatic rings. The fraction of sp³-hybridized carbons (Fsp3) is 0.464. The quantitative estimate of drug-likeness (QED) is 0.360. The van der Waals surface area contributed by atoms with Crippen LogP contribution in [0.5, 0.6) is 0 Å². The molecular weight excluding hydrogens is 378 g/mol. The predicted molar refractivity (Wildman–Crippen MR) is 142 cm³/mol. The van der Waals surface area contributed by atoms with Gasteiger partial charge in [0.15, 0.2) is 0 Å². The molecule has 0 amide bonds. The molecule has 0 spiro atoms. The second-order valence-electron chi connectivity index (χ2n) is 5.93. The van der Waals surface area contributed by atoms with E-state index in [2.05, 4.69) is 59.1 Å². The highest BCUT2D eigenvalue weighted by Crippen LogP contribution is 1.99. The monoisotopic (exact) mass is 427 g/mol. The van der Waals surface area contributed by atoms with Gasteiger partial charge in [-0.1, -0.05) is 90.4 Å². The molecule has 0 saturated heterocycles. The molecule has 0 fully saturated rings. The normalized spacial score (nSPS) is 7.74. The van der Waals surface area contributed by atoms with E-state index >= 15 is 0 Å². The van der Waals surface area contributed by atoms with E-state index in [4.69, 9.17) is 0 Å². The van der Waals surface area contributed by atoms with Crippen molar-refractivity contribution < 1.29 is 0 Å². The Morgan fingerprint density at radius 3 is 0.903 bits per heavy atom. The van der Waals surface area contributed by atoms with Crippen LogP contribution >= 0.6 is 0 Å². The van der Waals surface area contributed by atoms with Gasteiger partial charge in [0, 0.05) is 24.3 Å². The van der Waals surface area contributed by atoms with Crippen LogP contribution in [0.2, 0.25) is 0 Å². The summed E-state index contributed by atoms with van der Waals surface area (Å²) in [4.78, 5) is 12.1. The van der Waals surface area contributed by atoms with Crippen molar-refractivity contribution in [2.24, 2.45) is 0 Å². The minimum Gasteiger partial charge on any atom is -0.261 e. The van der Waals surface area contributed by atoms with E-state index in [-0.39, 0.29) is 7.43 Å². The van der Waals surface area contributed by atoms with E-state index in [1.54, 1.807) is 12.4 Å². The Kier molecular flexibility index (Phi) is 29.5. The molecule has 0 aliphatic heterocycles. The lowest BCUT2D eigenvalue weighted by Crippen LogP contribution is -1.84. The molecule has 3 heteroatoms. The number of benzene rings is 1. The van der Waals surface area contributed by atoms with Crippen molar-refractivity contribution in [2.75, 3.05) is 0 Å². The zero-order valence-electron chi connectivity index (χ0n) is 21.5. The van der Waals surface area contributed by atoms with E-state index in [0.717, 1.165) is 17.1 Å². The average molecular weight is 428 g/mol. The molecular formula is C28H49N3. The van der Waals surface area contributed by atoms with Crippen LogP contribution in [0.1, 0.15) is 82.7 Å². The molecule has 0 bridgehead atoms. The summed E-state index contributed by atoms with van der Waals surface area (Å²) in [6, 6.07) is 12.5. The minimum absolute atomic E-state index is 0. The molecule has 3 nitrogen and oxygen atoms in total. The van der Waals surface area contributed by atoms with Gasteiger partial charge < -0.3 is 0 Å². The van der Waals surface area contributed by atoms with Gasteiger partial charge in [-0.05, 0) is 53.2 Å². The van der Waals surface area contributed by atoms with Gasteiger partial charge >= 0.3 is 0 Å². The van der Waals surface area contributed by atoms with Crippen LogP contribution in [0, 0.1) is 41.5 Å². The van der Waals surface area contributed by atoms with Crippen LogP contribution in [0.15, 0.2) is 55.0 Å². The molecule has 1 aromatic carbocycles. The Bertz CT molecular complexity index is 534. The van der Waals surface area contributed by atoms with Crippen LogP contribution in [-0.2, 0) is 0 Å². The second-order valence-corrected chi connectivity index (χ2v) is 5.93. The number of rotatable bonds is 0. The molecule has 0 unspecified atom stereocenters. The lowest BCUT2D eigenvalue weighted by molar-refractivity contribution is 1.06. The molecule has 0 radical (unpaired) electrons. The Hall–Kier alpha value is -2.55. The largest absolute Gasteiger partial charge is 0.261 e. The summed E-state index contributed by atoms with van der Waals surface area (Å²) in [7, 11) is 0. The van der Waals surface area contributed by atoms with E-state index in [1.165, 1.54) is 16.7 Å². The number of nitrogens with zero attached hydrogens (tertiary/aromatic N) is 3. The zero-order chi connectivity index (χ0) is 23.9. The lowest BCUT2D eigenvalue weighted by Gasteiger charge is -1.90. The highest BCUT2D eigenvalue weighted by atomic mass is 14.8. The third-order valence-electron chi connectivity index (χ3n) is 3.19. The third kappa shape index (κ3) is 23.6. The fourth-order valence-electron chi connectivity index (χ4n) is 1.64. The summed E-state index contributed by atoms with van der Waals surface area (Å²) in [6.45, 7) is 24.1. The van der Waals surface area contributed by atoms with E-state index in [1.807, 2.05) is 81.5 Å². The van der Waals surface area contributed by atoms with Gasteiger partial charge in [-0.15, -0.1) is 0 Å². The summed E-state index contributed by atoms with van der Waals surface area (Å²) in [5.41, 5.74) is 6.89. The van der Waals surface area contributed by atoms with Crippen molar-refractivity contribution >= 4 is 0 Å². The predicted octanol–water partition coefficient (Wildman–Crippen LogP) is 8.81. The molecule has 31 heavy (non-hydrogen) atoms. The van der Waals surface area contributed by atoms with Crippen LogP contribution < -0.4 is 0 Å². The van der Waals surface area contributed by atoms with E-state index in [9.17, 15) is 0 Å². The number of hydrogen-bond donors (Lipinski definition) is 0. The first-order chi connectivity index (χ1) is 14.4. The summed E-state index contributed by atoms with van der Waals surface area (Å²) < 4.78 is 0. The van der Waals surface area contributed by atoms with Crippen molar-refractivity contribution in [3.8, 4) is 0 Å². The SMILES string of the molecule is C.CC.CC.CC.Cc1ccc(C)cc1.Cc1ccc(C)nc1.Cc1cnc(C)cn1. The van der Waals surface area contributed by atoms with Crippen LogP contribution in [-0.4, -0.2) is 15.0 Å². The van der Waals surface area contributed by atoms with Gasteiger partial charge in [-0.25, -0.2) is 0 Å². The first-order valence-corrected chi connectivity index (χ1v) is 11.0.